The second-order valence-corrected chi connectivity index (χ2v) is 9.70. The van der Waals surface area contributed by atoms with Crippen molar-refractivity contribution in [1.82, 2.24) is 10.00 Å². The number of H-pyrrole nitrogens is 1. The van der Waals surface area contributed by atoms with Gasteiger partial charge in [-0.15, -0.1) is 4.68 Å². The van der Waals surface area contributed by atoms with Gasteiger partial charge in [0.25, 0.3) is 0 Å². The van der Waals surface area contributed by atoms with Crippen LogP contribution in [0.4, 0.5) is 11.4 Å². The first kappa shape index (κ1) is 19.7. The molecule has 0 unspecified atom stereocenters. The van der Waals surface area contributed by atoms with Gasteiger partial charge in [-0.25, -0.2) is 0 Å². The summed E-state index contributed by atoms with van der Waals surface area (Å²) >= 11 is 0. The molecule has 1 fully saturated rings. The van der Waals surface area contributed by atoms with Crippen molar-refractivity contribution in [1.29, 1.82) is 0 Å². The van der Waals surface area contributed by atoms with E-state index in [2.05, 4.69) is 70.8 Å². The van der Waals surface area contributed by atoms with Gasteiger partial charge < -0.3 is 14.4 Å². The van der Waals surface area contributed by atoms with E-state index in [1.54, 1.807) is 7.11 Å². The number of aromatic amines is 1. The van der Waals surface area contributed by atoms with Gasteiger partial charge in [0, 0.05) is 18.2 Å². The molecule has 0 aliphatic carbocycles. The fraction of sp³-hybridized carbons (Fsp3) is 0.423. The van der Waals surface area contributed by atoms with Crippen LogP contribution in [0, 0.1) is 0 Å². The zero-order valence-electron chi connectivity index (χ0n) is 19.4. The number of fused-ring (bicyclic) bond motifs is 4. The zero-order chi connectivity index (χ0) is 22.0. The number of likely N-dealkylation sites (tertiary alicyclic amines) is 1. The fourth-order valence-electron chi connectivity index (χ4n) is 5.43. The van der Waals surface area contributed by atoms with Crippen molar-refractivity contribution < 1.29 is 14.2 Å². The third kappa shape index (κ3) is 2.93. The smallest absolute Gasteiger partial charge is 0.244 e. The van der Waals surface area contributed by atoms with Crippen LogP contribution in [0.15, 0.2) is 30.3 Å². The first-order chi connectivity index (χ1) is 15.4. The average Bonchev–Trinajstić information content (AvgIpc) is 3.42. The normalized spacial score (nSPS) is 18.6. The third-order valence-electron chi connectivity index (χ3n) is 7.10. The van der Waals surface area contributed by atoms with Crippen LogP contribution in [0.1, 0.15) is 32.3 Å². The van der Waals surface area contributed by atoms with Crippen LogP contribution in [0.5, 0.6) is 11.5 Å². The number of benzene rings is 2. The van der Waals surface area contributed by atoms with E-state index in [1.165, 1.54) is 53.8 Å². The van der Waals surface area contributed by atoms with E-state index in [4.69, 9.17) is 9.47 Å². The van der Waals surface area contributed by atoms with Gasteiger partial charge in [-0.1, -0.05) is 0 Å². The molecule has 6 heteroatoms. The number of rotatable bonds is 4. The zero-order valence-corrected chi connectivity index (χ0v) is 19.4. The predicted octanol–water partition coefficient (Wildman–Crippen LogP) is 4.49. The molecular formula is C26H31N4O2+. The topological polar surface area (TPSA) is 44.6 Å². The van der Waals surface area contributed by atoms with Crippen molar-refractivity contribution in [3.8, 4) is 22.8 Å². The number of methoxy groups -OCH3 is 1. The van der Waals surface area contributed by atoms with Crippen molar-refractivity contribution in [2.24, 2.45) is 0 Å². The van der Waals surface area contributed by atoms with Crippen molar-refractivity contribution in [2.45, 2.75) is 38.8 Å². The van der Waals surface area contributed by atoms with Gasteiger partial charge >= 0.3 is 0 Å². The molecule has 1 aromatic heterocycles. The number of hydrogen-bond donors (Lipinski definition) is 1. The van der Waals surface area contributed by atoms with Gasteiger partial charge in [0.15, 0.2) is 6.54 Å². The number of nitrogens with zero attached hydrogens (tertiary/aromatic N) is 3. The summed E-state index contributed by atoms with van der Waals surface area (Å²) in [4.78, 5) is 4.86. The van der Waals surface area contributed by atoms with E-state index in [0.717, 1.165) is 35.8 Å². The molecule has 3 aromatic rings. The Hall–Kier alpha value is -2.99. The molecular weight excluding hydrogens is 400 g/mol. The van der Waals surface area contributed by atoms with Gasteiger partial charge in [-0.05, 0) is 70.1 Å². The highest BCUT2D eigenvalue weighted by Gasteiger charge is 2.36. The molecule has 4 heterocycles. The Morgan fingerprint density at radius 3 is 2.78 bits per heavy atom. The Labute approximate surface area is 189 Å². The number of anilines is 2. The second kappa shape index (κ2) is 7.01. The molecule has 1 saturated heterocycles. The predicted molar refractivity (Wildman–Crippen MR) is 128 cm³/mol. The lowest BCUT2D eigenvalue weighted by molar-refractivity contribution is -0.725. The maximum Gasteiger partial charge on any atom is 0.244 e. The average molecular weight is 432 g/mol. The molecule has 0 bridgehead atoms. The van der Waals surface area contributed by atoms with Crippen LogP contribution in [-0.4, -0.2) is 49.4 Å². The Bertz CT molecular complexity index is 1250. The maximum absolute atomic E-state index is 6.44. The summed E-state index contributed by atoms with van der Waals surface area (Å²) in [5, 5.41) is 5.01. The number of aromatic nitrogens is 2. The van der Waals surface area contributed by atoms with E-state index in [-0.39, 0.29) is 5.60 Å². The van der Waals surface area contributed by atoms with Gasteiger partial charge in [0.05, 0.1) is 31.1 Å². The van der Waals surface area contributed by atoms with Crippen LogP contribution >= 0.6 is 0 Å². The van der Waals surface area contributed by atoms with E-state index in [0.29, 0.717) is 0 Å². The summed E-state index contributed by atoms with van der Waals surface area (Å²) in [5.74, 6) is 1.82. The van der Waals surface area contributed by atoms with Crippen molar-refractivity contribution in [3.63, 3.8) is 0 Å². The first-order valence-electron chi connectivity index (χ1n) is 11.6. The van der Waals surface area contributed by atoms with Crippen LogP contribution in [0.2, 0.25) is 0 Å². The summed E-state index contributed by atoms with van der Waals surface area (Å²) in [6.45, 7) is 8.61. The lowest BCUT2D eigenvalue weighted by Gasteiger charge is -2.33. The van der Waals surface area contributed by atoms with E-state index >= 15 is 0 Å². The summed E-state index contributed by atoms with van der Waals surface area (Å²) < 4.78 is 14.3. The van der Waals surface area contributed by atoms with Gasteiger partial charge in [-0.3, -0.25) is 4.90 Å². The van der Waals surface area contributed by atoms with Crippen LogP contribution < -0.4 is 19.1 Å². The number of hydrogen-bond acceptors (Lipinski definition) is 4. The Kier molecular flexibility index (Phi) is 4.31. The van der Waals surface area contributed by atoms with E-state index < -0.39 is 0 Å². The minimum absolute atomic E-state index is 0.314. The molecule has 6 rings (SSSR count). The number of nitrogens with one attached hydrogen (secondary N) is 1. The molecule has 166 valence electrons. The lowest BCUT2D eigenvalue weighted by Crippen LogP contribution is -2.41. The third-order valence-corrected chi connectivity index (χ3v) is 7.10. The van der Waals surface area contributed by atoms with Gasteiger partial charge in [0.2, 0.25) is 5.52 Å². The molecule has 2 aromatic carbocycles. The van der Waals surface area contributed by atoms with Gasteiger partial charge in [-0.2, -0.15) is 5.10 Å². The highest BCUT2D eigenvalue weighted by Crippen LogP contribution is 2.51. The van der Waals surface area contributed by atoms with Crippen LogP contribution in [-0.2, 0) is 6.54 Å². The lowest BCUT2D eigenvalue weighted by atomic mass is 9.93. The summed E-state index contributed by atoms with van der Waals surface area (Å²) in [6.07, 6.45) is 7.01. The monoisotopic (exact) mass is 431 g/mol. The Morgan fingerprint density at radius 2 is 2.00 bits per heavy atom. The molecule has 0 radical (unpaired) electrons. The minimum atomic E-state index is -0.314. The van der Waals surface area contributed by atoms with E-state index in [9.17, 15) is 0 Å². The quantitative estimate of drug-likeness (QED) is 0.618. The maximum atomic E-state index is 6.44. The summed E-state index contributed by atoms with van der Waals surface area (Å²) in [5.41, 5.74) is 6.72. The SMILES string of the molecule is COc1ccc2c(c1)-c1[nH][n+](CCN3CCCC3)c3cc4c(c(c13)N2C)C=CC(C)(C)O4. The fourth-order valence-corrected chi connectivity index (χ4v) is 5.43. The largest absolute Gasteiger partial charge is 0.497 e. The van der Waals surface area contributed by atoms with Gasteiger partial charge in [0.1, 0.15) is 28.2 Å². The standard InChI is InChI=1S/C26H30N4O2/c1-26(2)10-9-18-22(32-26)16-21-23-24(27-30(21)14-13-29-11-5-6-12-29)19-15-17(31-4)7-8-20(19)28(3)25(18)23/h7-10,15-16H,5-6,11-14H2,1-4H3/p+1. The minimum Gasteiger partial charge on any atom is -0.497 e. The Balaban J connectivity index is 1.58. The highest BCUT2D eigenvalue weighted by molar-refractivity contribution is 6.12. The van der Waals surface area contributed by atoms with Crippen LogP contribution in [0.25, 0.3) is 28.2 Å². The second-order valence-electron chi connectivity index (χ2n) is 9.70. The highest BCUT2D eigenvalue weighted by atomic mass is 16.5. The molecule has 3 aliphatic rings. The molecule has 0 saturated carbocycles. The first-order valence-corrected chi connectivity index (χ1v) is 11.6. The molecule has 0 atom stereocenters. The molecule has 3 aliphatic heterocycles. The van der Waals surface area contributed by atoms with Crippen molar-refractivity contribution in [2.75, 3.05) is 38.7 Å². The molecule has 0 amide bonds. The van der Waals surface area contributed by atoms with Crippen molar-refractivity contribution in [3.05, 3.63) is 35.9 Å². The summed E-state index contributed by atoms with van der Waals surface area (Å²) in [7, 11) is 3.88. The molecule has 0 spiro atoms. The molecule has 1 N–H and O–H groups in total. The van der Waals surface area contributed by atoms with E-state index in [1.807, 2.05) is 6.07 Å². The van der Waals surface area contributed by atoms with Crippen LogP contribution in [0.3, 0.4) is 0 Å². The number of ether oxygens (including phenoxy) is 2. The molecule has 32 heavy (non-hydrogen) atoms. The summed E-state index contributed by atoms with van der Waals surface area (Å²) in [6, 6.07) is 8.55. The van der Waals surface area contributed by atoms with Crippen molar-refractivity contribution >= 4 is 28.4 Å². The molecule has 6 nitrogen and oxygen atoms in total. The Morgan fingerprint density at radius 1 is 1.19 bits per heavy atom.